The van der Waals surface area contributed by atoms with E-state index in [1.165, 1.54) is 0 Å². The number of fused-ring (bicyclic) bond motifs is 1. The molecule has 2 aliphatic heterocycles. The zero-order valence-electron chi connectivity index (χ0n) is 20.0. The van der Waals surface area contributed by atoms with E-state index >= 15 is 0 Å². The third kappa shape index (κ3) is 4.69. The van der Waals surface area contributed by atoms with Crippen molar-refractivity contribution >= 4 is 23.5 Å². The molecule has 0 saturated heterocycles. The van der Waals surface area contributed by atoms with Gasteiger partial charge >= 0.3 is 5.97 Å². The van der Waals surface area contributed by atoms with Crippen LogP contribution in [-0.2, 0) is 14.3 Å². The smallest absolute Gasteiger partial charge is 0.336 e. The molecule has 1 N–H and O–H groups in total. The highest BCUT2D eigenvalue weighted by molar-refractivity contribution is 7.99. The maximum absolute atomic E-state index is 13.7. The number of nitrogens with one attached hydrogen (secondary N) is 1. The molecule has 182 valence electrons. The fourth-order valence-electron chi connectivity index (χ4n) is 5.11. The minimum Gasteiger partial charge on any atom is -0.461 e. The van der Waals surface area contributed by atoms with Gasteiger partial charge in [-0.05, 0) is 48.3 Å². The number of hydrogen-bond acceptors (Lipinski definition) is 7. The van der Waals surface area contributed by atoms with Gasteiger partial charge in [-0.3, -0.25) is 4.79 Å². The van der Waals surface area contributed by atoms with Crippen molar-refractivity contribution in [3.63, 3.8) is 0 Å². The number of allylic oxidation sites excluding steroid dienone is 3. The second-order valence-corrected chi connectivity index (χ2v) is 10.3. The van der Waals surface area contributed by atoms with Crippen molar-refractivity contribution < 1.29 is 23.8 Å². The van der Waals surface area contributed by atoms with Gasteiger partial charge in [-0.2, -0.15) is 11.8 Å². The molecule has 2 atom stereocenters. The monoisotopic (exact) mass is 491 g/mol. The molecule has 3 aliphatic rings. The van der Waals surface area contributed by atoms with Gasteiger partial charge < -0.3 is 19.5 Å². The van der Waals surface area contributed by atoms with Gasteiger partial charge in [0.15, 0.2) is 17.3 Å². The van der Waals surface area contributed by atoms with Gasteiger partial charge in [0.1, 0.15) is 6.61 Å². The van der Waals surface area contributed by atoms with Crippen LogP contribution in [0, 0.1) is 0 Å². The summed E-state index contributed by atoms with van der Waals surface area (Å²) in [4.78, 5) is 27.0. The Morgan fingerprint density at radius 3 is 2.69 bits per heavy atom. The molecule has 1 aliphatic carbocycles. The van der Waals surface area contributed by atoms with E-state index in [9.17, 15) is 9.59 Å². The van der Waals surface area contributed by atoms with Gasteiger partial charge in [0, 0.05) is 35.1 Å². The van der Waals surface area contributed by atoms with E-state index < -0.39 is 5.92 Å². The Hall–Kier alpha value is -3.19. The normalized spacial score (nSPS) is 21.0. The van der Waals surface area contributed by atoms with Crippen LogP contribution in [-0.4, -0.2) is 36.7 Å². The molecule has 0 amide bonds. The number of esters is 1. The molecule has 7 heteroatoms. The van der Waals surface area contributed by atoms with Gasteiger partial charge in [-0.15, -0.1) is 0 Å². The topological polar surface area (TPSA) is 73.9 Å². The highest BCUT2D eigenvalue weighted by Crippen LogP contribution is 2.47. The third-order valence-electron chi connectivity index (χ3n) is 6.71. The lowest BCUT2D eigenvalue weighted by Crippen LogP contribution is -2.36. The molecule has 6 nitrogen and oxygen atoms in total. The Labute approximate surface area is 209 Å². The zero-order chi connectivity index (χ0) is 24.4. The van der Waals surface area contributed by atoms with Crippen molar-refractivity contribution in [3.05, 3.63) is 82.2 Å². The van der Waals surface area contributed by atoms with E-state index in [1.807, 2.05) is 43.3 Å². The lowest BCUT2D eigenvalue weighted by Gasteiger charge is -2.36. The summed E-state index contributed by atoms with van der Waals surface area (Å²) in [6, 6.07) is 15.8. The van der Waals surface area contributed by atoms with Crippen molar-refractivity contribution in [2.75, 3.05) is 24.9 Å². The number of ether oxygens (including phenoxy) is 3. The van der Waals surface area contributed by atoms with E-state index in [4.69, 9.17) is 14.2 Å². The number of Topliss-reactive ketones (excluding diaryl/α,β-unsaturated/α-hetero) is 1. The number of rotatable bonds is 7. The Bertz CT molecular complexity index is 1200. The molecule has 35 heavy (non-hydrogen) atoms. The fourth-order valence-corrected chi connectivity index (χ4v) is 5.60. The van der Waals surface area contributed by atoms with Crippen LogP contribution in [0.2, 0.25) is 0 Å². The molecule has 5 rings (SSSR count). The molecule has 0 aromatic heterocycles. The highest BCUT2D eigenvalue weighted by Gasteiger charge is 2.41. The van der Waals surface area contributed by atoms with E-state index in [1.54, 1.807) is 11.8 Å². The number of ketones is 1. The summed E-state index contributed by atoms with van der Waals surface area (Å²) in [5.41, 5.74) is 4.71. The van der Waals surface area contributed by atoms with Crippen LogP contribution in [0.5, 0.6) is 11.5 Å². The number of thioether (sulfide) groups is 1. The fraction of sp³-hybridized carbons (Fsp3) is 0.357. The number of benzene rings is 2. The largest absolute Gasteiger partial charge is 0.461 e. The molecule has 0 spiro atoms. The summed E-state index contributed by atoms with van der Waals surface area (Å²) in [6.45, 7) is 4.45. The molecule has 0 unspecified atom stereocenters. The van der Waals surface area contributed by atoms with E-state index in [0.717, 1.165) is 34.0 Å². The molecule has 0 bridgehead atoms. The summed E-state index contributed by atoms with van der Waals surface area (Å²) in [6.07, 6.45) is 1.11. The highest BCUT2D eigenvalue weighted by atomic mass is 32.2. The molecular formula is C28H29NO5S. The first-order chi connectivity index (χ1) is 17.1. The molecule has 2 aromatic rings. The molecular weight excluding hydrogens is 462 g/mol. The Morgan fingerprint density at radius 1 is 1.09 bits per heavy atom. The first-order valence-electron chi connectivity index (χ1n) is 12.0. The van der Waals surface area contributed by atoms with Gasteiger partial charge in [0.05, 0.1) is 5.57 Å². The van der Waals surface area contributed by atoms with Crippen molar-refractivity contribution in [3.8, 4) is 11.5 Å². The van der Waals surface area contributed by atoms with Crippen LogP contribution in [0.1, 0.15) is 49.7 Å². The van der Waals surface area contributed by atoms with Crippen molar-refractivity contribution in [2.45, 2.75) is 38.5 Å². The van der Waals surface area contributed by atoms with E-state index in [-0.39, 0.29) is 24.5 Å². The summed E-state index contributed by atoms with van der Waals surface area (Å²) < 4.78 is 16.7. The minimum atomic E-state index is -0.517. The predicted molar refractivity (Wildman–Crippen MR) is 136 cm³/mol. The number of hydrogen-bond donors (Lipinski definition) is 1. The molecule has 0 fully saturated rings. The summed E-state index contributed by atoms with van der Waals surface area (Å²) >= 11 is 1.72. The molecule has 0 saturated carbocycles. The first-order valence-corrected chi connectivity index (χ1v) is 13.2. The average molecular weight is 492 g/mol. The number of dihydropyridines is 1. The van der Waals surface area contributed by atoms with Crippen LogP contribution in [0.3, 0.4) is 0 Å². The summed E-state index contributed by atoms with van der Waals surface area (Å²) in [5.74, 6) is 2.23. The predicted octanol–water partition coefficient (Wildman–Crippen LogP) is 5.07. The summed E-state index contributed by atoms with van der Waals surface area (Å²) in [5, 5.41) is 3.41. The van der Waals surface area contributed by atoms with Crippen LogP contribution in [0.15, 0.2) is 71.1 Å². The van der Waals surface area contributed by atoms with E-state index in [0.29, 0.717) is 42.1 Å². The maximum atomic E-state index is 13.7. The zero-order valence-corrected chi connectivity index (χ0v) is 20.8. The van der Waals surface area contributed by atoms with Crippen molar-refractivity contribution in [1.29, 1.82) is 0 Å². The molecule has 0 radical (unpaired) electrons. The van der Waals surface area contributed by atoms with Crippen molar-refractivity contribution in [1.82, 2.24) is 5.32 Å². The Balaban J connectivity index is 1.53. The first kappa shape index (κ1) is 23.5. The van der Waals surface area contributed by atoms with Gasteiger partial charge in [-0.25, -0.2) is 4.79 Å². The maximum Gasteiger partial charge on any atom is 0.336 e. The van der Waals surface area contributed by atoms with Crippen LogP contribution < -0.4 is 14.8 Å². The van der Waals surface area contributed by atoms with Crippen LogP contribution >= 0.6 is 11.8 Å². The average Bonchev–Trinajstić information content (AvgIpc) is 3.34. The van der Waals surface area contributed by atoms with Gasteiger partial charge in [0.2, 0.25) is 6.79 Å². The van der Waals surface area contributed by atoms with Crippen LogP contribution in [0.25, 0.3) is 0 Å². The molecule has 2 aromatic carbocycles. The standard InChI is InChI=1S/C28H29NO5S/c1-3-35-12-11-32-28(31)25-17(2)29-21-13-20(18-7-5-4-6-8-18)14-22(30)27(21)26(25)19-9-10-23-24(15-19)34-16-33-23/h4-10,15,20,26,29H,3,11-14,16H2,1-2H3/t20-,26+/m0/s1. The Kier molecular flexibility index (Phi) is 6.86. The van der Waals surface area contributed by atoms with Crippen LogP contribution in [0.4, 0.5) is 0 Å². The quantitative estimate of drug-likeness (QED) is 0.428. The van der Waals surface area contributed by atoms with E-state index in [2.05, 4.69) is 24.4 Å². The third-order valence-corrected chi connectivity index (χ3v) is 7.58. The lowest BCUT2D eigenvalue weighted by atomic mass is 9.71. The van der Waals surface area contributed by atoms with Crippen molar-refractivity contribution in [2.24, 2.45) is 0 Å². The number of carbonyl (C=O) groups excluding carboxylic acids is 2. The van der Waals surface area contributed by atoms with Gasteiger partial charge in [-0.1, -0.05) is 43.3 Å². The Morgan fingerprint density at radius 2 is 1.89 bits per heavy atom. The second-order valence-electron chi connectivity index (χ2n) is 8.87. The minimum absolute atomic E-state index is 0.0506. The van der Waals surface area contributed by atoms with Gasteiger partial charge in [0.25, 0.3) is 0 Å². The SMILES string of the molecule is CCSCCOC(=O)C1=C(C)NC2=C(C(=O)C[C@@H](c3ccccc3)C2)[C@@H]1c1ccc2c(c1)OCO2. The molecule has 2 heterocycles. The number of carbonyl (C=O) groups is 2. The summed E-state index contributed by atoms with van der Waals surface area (Å²) in [7, 11) is 0. The lowest BCUT2D eigenvalue weighted by molar-refractivity contribution is -0.138. The second kappa shape index (κ2) is 10.2.